The summed E-state index contributed by atoms with van der Waals surface area (Å²) in [6.45, 7) is 7.42. The lowest BCUT2D eigenvalue weighted by Crippen LogP contribution is -2.56. The van der Waals surface area contributed by atoms with Crippen LogP contribution in [0.25, 0.3) is 11.0 Å². The van der Waals surface area contributed by atoms with Crippen LogP contribution in [0.2, 0.25) is 0 Å². The zero-order valence-electron chi connectivity index (χ0n) is 28.6. The quantitative estimate of drug-likeness (QED) is 0.319. The fourth-order valence-corrected chi connectivity index (χ4v) is 6.35. The number of fused-ring (bicyclic) bond motifs is 3. The van der Waals surface area contributed by atoms with Crippen LogP contribution in [0.15, 0.2) is 36.4 Å². The SMILES string of the molecule is CCOC(=O)[C@@]12C[C@H]1/C=C\CCCCC[C@H](NC(=O)OC(C)(C)C)C(=O)N1C[C@H](Oc3nc4ccccc4nc3C(C)(F)F)C[C@H]1C(=O)N2. The molecule has 0 unspecified atom stereocenters. The Morgan fingerprint density at radius 2 is 1.80 bits per heavy atom. The second kappa shape index (κ2) is 14.2. The Balaban J connectivity index is 1.49. The molecule has 2 aliphatic heterocycles. The number of hydrogen-bond donors (Lipinski definition) is 2. The van der Waals surface area contributed by atoms with Crippen molar-refractivity contribution in [2.75, 3.05) is 13.2 Å². The highest BCUT2D eigenvalue weighted by Crippen LogP contribution is 2.46. The van der Waals surface area contributed by atoms with Gasteiger partial charge in [0.2, 0.25) is 17.7 Å². The van der Waals surface area contributed by atoms with Gasteiger partial charge in [0, 0.05) is 19.3 Å². The number of carbonyl (C=O) groups is 4. The lowest BCUT2D eigenvalue weighted by atomic mass is 10.0. The third-order valence-electron chi connectivity index (χ3n) is 8.80. The van der Waals surface area contributed by atoms with Crippen LogP contribution in [0, 0.1) is 5.92 Å². The Morgan fingerprint density at radius 3 is 2.47 bits per heavy atom. The number of nitrogens with zero attached hydrogens (tertiary/aromatic N) is 3. The molecule has 0 spiro atoms. The van der Waals surface area contributed by atoms with Gasteiger partial charge in [0.1, 0.15) is 29.3 Å². The van der Waals surface area contributed by atoms with Crippen LogP contribution in [0.4, 0.5) is 13.6 Å². The number of alkyl carbamates (subject to hydrolysis) is 1. The molecular weight excluding hydrogens is 640 g/mol. The predicted octanol–water partition coefficient (Wildman–Crippen LogP) is 4.94. The van der Waals surface area contributed by atoms with E-state index in [1.807, 2.05) is 12.2 Å². The summed E-state index contributed by atoms with van der Waals surface area (Å²) < 4.78 is 46.5. The van der Waals surface area contributed by atoms with E-state index in [1.54, 1.807) is 52.0 Å². The van der Waals surface area contributed by atoms with E-state index >= 15 is 0 Å². The average Bonchev–Trinajstić information content (AvgIpc) is 3.54. The standard InChI is InChI=1S/C35H45F2N5O7/c1-6-47-31(45)35-19-21(35)14-10-8-7-9-11-17-25(40-32(46)49-33(2,3)4)30(44)42-20-22(18-26(42)28(43)41-35)48-29-27(34(5,36)37)38-23-15-12-13-16-24(23)39-29/h10,12-16,21-22,25-26H,6-9,11,17-20H2,1-5H3,(H,40,46)(H,41,43)/b14-10-/t21-,22-,25+,26+,35-/m1/s1. The lowest BCUT2D eigenvalue weighted by molar-refractivity contribution is -0.150. The van der Waals surface area contributed by atoms with Crippen LogP contribution < -0.4 is 15.4 Å². The van der Waals surface area contributed by atoms with E-state index in [1.165, 1.54) is 4.90 Å². The molecule has 14 heteroatoms. The molecule has 12 nitrogen and oxygen atoms in total. The van der Waals surface area contributed by atoms with E-state index in [0.717, 1.165) is 19.3 Å². The summed E-state index contributed by atoms with van der Waals surface area (Å²) in [6, 6.07) is 4.32. The van der Waals surface area contributed by atoms with Crippen molar-refractivity contribution >= 4 is 34.9 Å². The molecule has 3 heterocycles. The minimum Gasteiger partial charge on any atom is -0.471 e. The monoisotopic (exact) mass is 685 g/mol. The molecule has 2 fully saturated rings. The third kappa shape index (κ3) is 8.45. The van der Waals surface area contributed by atoms with Crippen LogP contribution in [-0.4, -0.2) is 81.2 Å². The Bertz CT molecular complexity index is 1610. The van der Waals surface area contributed by atoms with E-state index in [2.05, 4.69) is 20.6 Å². The van der Waals surface area contributed by atoms with Crippen LogP contribution in [-0.2, 0) is 29.8 Å². The maximum Gasteiger partial charge on any atom is 0.408 e. The van der Waals surface area contributed by atoms with Gasteiger partial charge in [0.15, 0.2) is 5.69 Å². The molecule has 1 aromatic carbocycles. The molecule has 2 aromatic rings. The highest BCUT2D eigenvalue weighted by molar-refractivity contribution is 5.96. The molecule has 5 atom stereocenters. The number of halogens is 2. The van der Waals surface area contributed by atoms with E-state index in [0.29, 0.717) is 25.3 Å². The van der Waals surface area contributed by atoms with Crippen molar-refractivity contribution in [3.05, 3.63) is 42.1 Å². The molecule has 0 bridgehead atoms. The number of rotatable bonds is 6. The summed E-state index contributed by atoms with van der Waals surface area (Å²) in [6.07, 6.45) is 5.58. The smallest absolute Gasteiger partial charge is 0.408 e. The summed E-state index contributed by atoms with van der Waals surface area (Å²) in [4.78, 5) is 64.2. The minimum atomic E-state index is -3.41. The molecule has 3 aliphatic rings. The number of aromatic nitrogens is 2. The first-order valence-electron chi connectivity index (χ1n) is 16.9. The lowest BCUT2D eigenvalue weighted by Gasteiger charge is -2.30. The molecule has 3 amide bonds. The van der Waals surface area contributed by atoms with E-state index < -0.39 is 70.7 Å². The first-order chi connectivity index (χ1) is 23.1. The number of amides is 3. The van der Waals surface area contributed by atoms with Gasteiger partial charge in [-0.25, -0.2) is 19.6 Å². The van der Waals surface area contributed by atoms with Crippen molar-refractivity contribution < 1.29 is 42.2 Å². The number of allylic oxidation sites excluding steroid dienone is 1. The molecule has 2 N–H and O–H groups in total. The number of hydrogen-bond acceptors (Lipinski definition) is 9. The topological polar surface area (TPSA) is 149 Å². The molecule has 5 rings (SSSR count). The van der Waals surface area contributed by atoms with Crippen LogP contribution in [0.3, 0.4) is 0 Å². The van der Waals surface area contributed by atoms with Gasteiger partial charge in [-0.05, 0) is 65.5 Å². The number of alkyl halides is 2. The summed E-state index contributed by atoms with van der Waals surface area (Å²) >= 11 is 0. The average molecular weight is 686 g/mol. The molecule has 1 aliphatic carbocycles. The van der Waals surface area contributed by atoms with Crippen molar-refractivity contribution in [2.24, 2.45) is 5.92 Å². The Hall–Kier alpha value is -4.36. The van der Waals surface area contributed by atoms with Gasteiger partial charge < -0.3 is 29.7 Å². The summed E-state index contributed by atoms with van der Waals surface area (Å²) in [5.74, 6) is -5.87. The molecule has 0 radical (unpaired) electrons. The van der Waals surface area contributed by atoms with Gasteiger partial charge in [-0.3, -0.25) is 9.59 Å². The zero-order chi connectivity index (χ0) is 35.6. The summed E-state index contributed by atoms with van der Waals surface area (Å²) in [5.41, 5.74) is -2.21. The van der Waals surface area contributed by atoms with Crippen LogP contribution in [0.5, 0.6) is 5.88 Å². The van der Waals surface area contributed by atoms with Crippen molar-refractivity contribution in [3.63, 3.8) is 0 Å². The number of benzene rings is 1. The van der Waals surface area contributed by atoms with Gasteiger partial charge in [-0.1, -0.05) is 37.1 Å². The Morgan fingerprint density at radius 1 is 1.08 bits per heavy atom. The molecule has 1 aromatic heterocycles. The van der Waals surface area contributed by atoms with Gasteiger partial charge >= 0.3 is 12.1 Å². The highest BCUT2D eigenvalue weighted by Gasteiger charge is 2.62. The fraction of sp³-hybridized carbons (Fsp3) is 0.600. The van der Waals surface area contributed by atoms with E-state index in [4.69, 9.17) is 14.2 Å². The maximum atomic E-state index is 14.8. The summed E-state index contributed by atoms with van der Waals surface area (Å²) in [5, 5.41) is 5.55. The number of para-hydroxylation sites is 2. The van der Waals surface area contributed by atoms with Crippen molar-refractivity contribution in [3.8, 4) is 5.88 Å². The third-order valence-corrected chi connectivity index (χ3v) is 8.80. The largest absolute Gasteiger partial charge is 0.471 e. The Kier molecular flexibility index (Phi) is 10.4. The molecule has 266 valence electrons. The predicted molar refractivity (Wildman–Crippen MR) is 175 cm³/mol. The van der Waals surface area contributed by atoms with Crippen LogP contribution >= 0.6 is 0 Å². The van der Waals surface area contributed by atoms with Gasteiger partial charge in [0.05, 0.1) is 24.2 Å². The van der Waals surface area contributed by atoms with Crippen molar-refractivity contribution in [1.29, 1.82) is 0 Å². The molecule has 1 saturated carbocycles. The fourth-order valence-electron chi connectivity index (χ4n) is 6.35. The number of nitrogens with one attached hydrogen (secondary N) is 2. The van der Waals surface area contributed by atoms with Gasteiger partial charge in [-0.15, -0.1) is 0 Å². The number of esters is 1. The maximum absolute atomic E-state index is 14.8. The second-order valence-electron chi connectivity index (χ2n) is 14.0. The highest BCUT2D eigenvalue weighted by atomic mass is 19.3. The first-order valence-corrected chi connectivity index (χ1v) is 16.9. The normalized spacial score (nSPS) is 27.1. The second-order valence-corrected chi connectivity index (χ2v) is 14.0. The molecular formula is C35H45F2N5O7. The number of ether oxygens (including phenoxy) is 3. The first kappa shape index (κ1) is 35.9. The van der Waals surface area contributed by atoms with E-state index in [-0.39, 0.29) is 37.4 Å². The van der Waals surface area contributed by atoms with Crippen LogP contribution in [0.1, 0.15) is 85.3 Å². The zero-order valence-corrected chi connectivity index (χ0v) is 28.6. The molecule has 1 saturated heterocycles. The minimum absolute atomic E-state index is 0.0978. The number of carbonyl (C=O) groups excluding carboxylic acids is 4. The molecule has 49 heavy (non-hydrogen) atoms. The van der Waals surface area contributed by atoms with E-state index in [9.17, 15) is 28.0 Å². The van der Waals surface area contributed by atoms with Gasteiger partial charge in [0.25, 0.3) is 5.92 Å². The Labute approximate surface area is 284 Å². The summed E-state index contributed by atoms with van der Waals surface area (Å²) in [7, 11) is 0. The van der Waals surface area contributed by atoms with Crippen molar-refractivity contribution in [2.45, 2.75) is 115 Å². The van der Waals surface area contributed by atoms with Gasteiger partial charge in [-0.2, -0.15) is 8.78 Å². The van der Waals surface area contributed by atoms with Crippen molar-refractivity contribution in [1.82, 2.24) is 25.5 Å².